The van der Waals surface area contributed by atoms with Crippen molar-refractivity contribution >= 4 is 8.97 Å². The van der Waals surface area contributed by atoms with E-state index in [-0.39, 0.29) is 0 Å². The molecule has 0 aromatic carbocycles. The van der Waals surface area contributed by atoms with E-state index < -0.39 is 8.97 Å². The molecule has 0 spiro atoms. The molecule has 5 nitrogen and oxygen atoms in total. The number of nitrogens with zero attached hydrogens (tertiary/aromatic N) is 2. The van der Waals surface area contributed by atoms with Crippen molar-refractivity contribution in [2.75, 3.05) is 21.3 Å². The minimum Gasteiger partial charge on any atom is -0.341 e. The first kappa shape index (κ1) is 13.4. The van der Waals surface area contributed by atoms with Crippen LogP contribution in [-0.4, -0.2) is 34.5 Å². The molecule has 0 aliphatic heterocycles. The number of aromatic nitrogens is 2. The summed E-state index contributed by atoms with van der Waals surface area (Å²) in [5.74, 6) is 1.15. The quantitative estimate of drug-likeness (QED) is 0.540. The highest BCUT2D eigenvalue weighted by Gasteiger charge is 2.52. The molecule has 0 radical (unpaired) electrons. The normalized spacial score (nSPS) is 12.1. The second-order valence-corrected chi connectivity index (χ2v) is 6.34. The number of aryl methyl sites for hydroxylation is 1. The Morgan fingerprint density at radius 3 is 2.25 bits per heavy atom. The fraction of sp³-hybridized carbons (Fsp3) is 0.700. The van der Waals surface area contributed by atoms with Gasteiger partial charge >= 0.3 is 8.97 Å². The standard InChI is InChI=1S/C10H21N2O3Si/c1-6-7-10-11(2)8-9-12(10)16(13-3,14-4)15-5/h8-9H,6-7H2,1-5H3/q+1. The molecule has 0 saturated carbocycles. The Morgan fingerprint density at radius 1 is 1.25 bits per heavy atom. The average molecular weight is 245 g/mol. The first-order chi connectivity index (χ1) is 7.65. The third kappa shape index (κ3) is 2.19. The predicted molar refractivity (Wildman–Crippen MR) is 61.8 cm³/mol. The Balaban J connectivity index is 3.18. The fourth-order valence-electron chi connectivity index (χ4n) is 1.82. The lowest BCUT2D eigenvalue weighted by atomic mass is 10.3. The molecule has 1 rings (SSSR count). The molecule has 0 N–H and O–H groups in total. The van der Waals surface area contributed by atoms with Gasteiger partial charge in [-0.3, -0.25) is 0 Å². The summed E-state index contributed by atoms with van der Waals surface area (Å²) in [6.45, 7) is 2.15. The lowest BCUT2D eigenvalue weighted by Gasteiger charge is -2.20. The van der Waals surface area contributed by atoms with Crippen LogP contribution in [0.4, 0.5) is 0 Å². The first-order valence-corrected chi connectivity index (χ1v) is 7.04. The lowest BCUT2D eigenvalue weighted by Crippen LogP contribution is -2.53. The molecule has 6 heteroatoms. The van der Waals surface area contributed by atoms with Crippen molar-refractivity contribution in [2.24, 2.45) is 7.05 Å². The van der Waals surface area contributed by atoms with E-state index in [0.717, 1.165) is 18.7 Å². The second kappa shape index (κ2) is 5.58. The molecule has 1 heterocycles. The summed E-state index contributed by atoms with van der Waals surface area (Å²) in [5.41, 5.74) is 0. The molecule has 92 valence electrons. The van der Waals surface area contributed by atoms with Crippen molar-refractivity contribution in [3.05, 3.63) is 18.2 Å². The smallest absolute Gasteiger partial charge is 0.341 e. The van der Waals surface area contributed by atoms with Crippen LogP contribution in [0.1, 0.15) is 19.2 Å². The first-order valence-electron chi connectivity index (χ1n) is 5.37. The number of hydrogen-bond acceptors (Lipinski definition) is 3. The van der Waals surface area contributed by atoms with Crippen molar-refractivity contribution in [1.82, 2.24) is 4.23 Å². The van der Waals surface area contributed by atoms with Gasteiger partial charge in [-0.2, -0.15) is 0 Å². The zero-order chi connectivity index (χ0) is 12.2. The number of hydrogen-bond donors (Lipinski definition) is 0. The molecule has 0 fully saturated rings. The molecule has 0 unspecified atom stereocenters. The Morgan fingerprint density at radius 2 is 1.81 bits per heavy atom. The zero-order valence-electron chi connectivity index (χ0n) is 10.7. The summed E-state index contributed by atoms with van der Waals surface area (Å²) in [6, 6.07) is 0. The maximum absolute atomic E-state index is 5.47. The van der Waals surface area contributed by atoms with E-state index in [0.29, 0.717) is 0 Å². The predicted octanol–water partition coefficient (Wildman–Crippen LogP) is 0.488. The van der Waals surface area contributed by atoms with Crippen LogP contribution >= 0.6 is 0 Å². The van der Waals surface area contributed by atoms with E-state index in [1.54, 1.807) is 21.3 Å². The highest BCUT2D eigenvalue weighted by Crippen LogP contribution is 2.13. The molecule has 0 saturated heterocycles. The average Bonchev–Trinajstić information content (AvgIpc) is 2.66. The molecule has 1 aromatic rings. The molecule has 0 aliphatic rings. The molecule has 0 bridgehead atoms. The van der Waals surface area contributed by atoms with Crippen LogP contribution in [-0.2, 0) is 26.7 Å². The van der Waals surface area contributed by atoms with Gasteiger partial charge in [-0.15, -0.1) is 0 Å². The molecule has 0 amide bonds. The van der Waals surface area contributed by atoms with Gasteiger partial charge in [0.15, 0.2) is 0 Å². The molecule has 0 aliphatic carbocycles. The van der Waals surface area contributed by atoms with Crippen LogP contribution in [0.2, 0.25) is 0 Å². The summed E-state index contributed by atoms with van der Waals surface area (Å²) in [4.78, 5) is 0. The Bertz CT molecular complexity index is 329. The molecule has 0 atom stereocenters. The van der Waals surface area contributed by atoms with Gasteiger partial charge in [-0.1, -0.05) is 6.92 Å². The van der Waals surface area contributed by atoms with E-state index in [1.165, 1.54) is 0 Å². The number of imidazole rings is 1. The highest BCUT2D eigenvalue weighted by atomic mass is 28.4. The maximum atomic E-state index is 5.47. The Labute approximate surface area is 98.0 Å². The molecule has 1 aromatic heterocycles. The summed E-state index contributed by atoms with van der Waals surface area (Å²) in [6.07, 6.45) is 5.98. The van der Waals surface area contributed by atoms with Crippen molar-refractivity contribution in [3.8, 4) is 0 Å². The van der Waals surface area contributed by atoms with Crippen LogP contribution in [0.3, 0.4) is 0 Å². The van der Waals surface area contributed by atoms with Gasteiger partial charge in [0, 0.05) is 27.8 Å². The van der Waals surface area contributed by atoms with Crippen molar-refractivity contribution in [2.45, 2.75) is 19.8 Å². The van der Waals surface area contributed by atoms with Gasteiger partial charge in [0.05, 0.1) is 7.05 Å². The lowest BCUT2D eigenvalue weighted by molar-refractivity contribution is -0.678. The maximum Gasteiger partial charge on any atom is 0.756 e. The Hall–Kier alpha value is -0.693. The van der Waals surface area contributed by atoms with Crippen LogP contribution in [0, 0.1) is 0 Å². The summed E-state index contributed by atoms with van der Waals surface area (Å²) in [5, 5.41) is 0. The van der Waals surface area contributed by atoms with Crippen LogP contribution in [0.5, 0.6) is 0 Å². The fourth-order valence-corrected chi connectivity index (χ4v) is 3.75. The van der Waals surface area contributed by atoms with E-state index in [4.69, 9.17) is 13.3 Å². The molecular formula is C10H21N2O3Si+. The summed E-state index contributed by atoms with van der Waals surface area (Å²) in [7, 11) is 4.12. The highest BCUT2D eigenvalue weighted by molar-refractivity contribution is 6.58. The van der Waals surface area contributed by atoms with Crippen LogP contribution in [0.15, 0.2) is 12.4 Å². The van der Waals surface area contributed by atoms with Gasteiger partial charge in [0.2, 0.25) is 5.82 Å². The van der Waals surface area contributed by atoms with Gasteiger partial charge in [0.1, 0.15) is 12.4 Å². The van der Waals surface area contributed by atoms with Crippen molar-refractivity contribution in [1.29, 1.82) is 0 Å². The van der Waals surface area contributed by atoms with E-state index in [2.05, 4.69) is 11.5 Å². The molecular weight excluding hydrogens is 224 g/mol. The van der Waals surface area contributed by atoms with Gasteiger partial charge in [-0.05, 0) is 6.42 Å². The van der Waals surface area contributed by atoms with E-state index >= 15 is 0 Å². The molecule has 16 heavy (non-hydrogen) atoms. The Kier molecular flexibility index (Phi) is 4.66. The summed E-state index contributed by atoms with van der Waals surface area (Å²) >= 11 is 0. The third-order valence-electron chi connectivity index (χ3n) is 2.67. The number of rotatable bonds is 6. The van der Waals surface area contributed by atoms with Crippen LogP contribution in [0.25, 0.3) is 0 Å². The van der Waals surface area contributed by atoms with Crippen molar-refractivity contribution in [3.63, 3.8) is 0 Å². The SMILES string of the molecule is CCCc1n([Si](OC)(OC)OC)cc[n+]1C. The minimum absolute atomic E-state index is 0.967. The van der Waals surface area contributed by atoms with Gasteiger partial charge in [-0.25, -0.2) is 8.80 Å². The summed E-state index contributed by atoms with van der Waals surface area (Å²) < 4.78 is 20.5. The topological polar surface area (TPSA) is 36.5 Å². The zero-order valence-corrected chi connectivity index (χ0v) is 11.7. The van der Waals surface area contributed by atoms with Gasteiger partial charge < -0.3 is 13.3 Å². The monoisotopic (exact) mass is 245 g/mol. The van der Waals surface area contributed by atoms with Gasteiger partial charge in [0.25, 0.3) is 0 Å². The minimum atomic E-state index is -2.76. The third-order valence-corrected chi connectivity index (χ3v) is 5.21. The van der Waals surface area contributed by atoms with Crippen molar-refractivity contribution < 1.29 is 17.8 Å². The largest absolute Gasteiger partial charge is 0.756 e. The second-order valence-electron chi connectivity index (χ2n) is 3.58. The van der Waals surface area contributed by atoms with Crippen LogP contribution < -0.4 is 4.57 Å². The van der Waals surface area contributed by atoms with E-state index in [9.17, 15) is 0 Å². The van der Waals surface area contributed by atoms with E-state index in [1.807, 2.05) is 23.7 Å².